The minimum Gasteiger partial charge on any atom is -0.508 e. The Hall–Kier alpha value is -1.13. The molecule has 1 rings (SSSR count). The summed E-state index contributed by atoms with van der Waals surface area (Å²) in [6.45, 7) is 1.58. The molecule has 1 aromatic carbocycles. The lowest BCUT2D eigenvalue weighted by atomic mass is 10.0. The average molecular weight is 185 g/mol. The molecule has 0 aliphatic rings. The van der Waals surface area contributed by atoms with Crippen LogP contribution in [0.25, 0.3) is 0 Å². The standard InChI is InChI=1S/C9H12FNO2/c1-5(11)9(13)7-3-2-6(12)4-8(7)10/h2-5,9,12-13H,11H2,1H3/t5-,9-/m1/s1. The van der Waals surface area contributed by atoms with Crippen LogP contribution in [0.5, 0.6) is 5.75 Å². The van der Waals surface area contributed by atoms with E-state index >= 15 is 0 Å². The first-order valence-electron chi connectivity index (χ1n) is 3.94. The van der Waals surface area contributed by atoms with Gasteiger partial charge in [0.2, 0.25) is 0 Å². The number of hydrogen-bond donors (Lipinski definition) is 3. The first-order valence-corrected chi connectivity index (χ1v) is 3.94. The van der Waals surface area contributed by atoms with Gasteiger partial charge in [-0.2, -0.15) is 0 Å². The summed E-state index contributed by atoms with van der Waals surface area (Å²) >= 11 is 0. The molecule has 0 fully saturated rings. The van der Waals surface area contributed by atoms with Gasteiger partial charge in [-0.1, -0.05) is 0 Å². The van der Waals surface area contributed by atoms with Crippen LogP contribution in [-0.4, -0.2) is 16.3 Å². The van der Waals surface area contributed by atoms with Crippen molar-refractivity contribution in [2.75, 3.05) is 0 Å². The van der Waals surface area contributed by atoms with Gasteiger partial charge in [-0.25, -0.2) is 4.39 Å². The molecule has 0 aliphatic heterocycles. The molecule has 0 saturated heterocycles. The van der Waals surface area contributed by atoms with Crippen molar-refractivity contribution >= 4 is 0 Å². The van der Waals surface area contributed by atoms with Gasteiger partial charge in [0.25, 0.3) is 0 Å². The lowest BCUT2D eigenvalue weighted by Gasteiger charge is -2.15. The predicted octanol–water partition coefficient (Wildman–Crippen LogP) is 0.912. The zero-order valence-electron chi connectivity index (χ0n) is 7.24. The Labute approximate surface area is 75.6 Å². The normalized spacial score (nSPS) is 15.4. The molecule has 0 heterocycles. The van der Waals surface area contributed by atoms with E-state index in [0.717, 1.165) is 6.07 Å². The number of aliphatic hydroxyl groups excluding tert-OH is 1. The van der Waals surface area contributed by atoms with E-state index < -0.39 is 18.0 Å². The Morgan fingerprint density at radius 1 is 1.46 bits per heavy atom. The summed E-state index contributed by atoms with van der Waals surface area (Å²) in [5.41, 5.74) is 5.50. The maximum Gasteiger partial charge on any atom is 0.132 e. The van der Waals surface area contributed by atoms with E-state index in [4.69, 9.17) is 10.8 Å². The second kappa shape index (κ2) is 3.72. The van der Waals surface area contributed by atoms with Crippen LogP contribution in [0.4, 0.5) is 4.39 Å². The number of aromatic hydroxyl groups is 1. The molecular weight excluding hydrogens is 173 g/mol. The lowest BCUT2D eigenvalue weighted by Crippen LogP contribution is -2.25. The highest BCUT2D eigenvalue weighted by molar-refractivity contribution is 5.29. The molecule has 3 nitrogen and oxygen atoms in total. The Kier molecular flexibility index (Phi) is 2.85. The van der Waals surface area contributed by atoms with Crippen molar-refractivity contribution in [2.45, 2.75) is 19.1 Å². The lowest BCUT2D eigenvalue weighted by molar-refractivity contribution is 0.149. The fraction of sp³-hybridized carbons (Fsp3) is 0.333. The Balaban J connectivity index is 3.01. The Morgan fingerprint density at radius 3 is 2.54 bits per heavy atom. The predicted molar refractivity (Wildman–Crippen MR) is 46.7 cm³/mol. The van der Waals surface area contributed by atoms with Crippen LogP contribution in [0.2, 0.25) is 0 Å². The Morgan fingerprint density at radius 2 is 2.08 bits per heavy atom. The third-order valence-corrected chi connectivity index (χ3v) is 1.80. The van der Waals surface area contributed by atoms with E-state index in [2.05, 4.69) is 0 Å². The number of halogens is 1. The van der Waals surface area contributed by atoms with Crippen molar-refractivity contribution < 1.29 is 14.6 Å². The monoisotopic (exact) mass is 185 g/mol. The van der Waals surface area contributed by atoms with Crippen LogP contribution in [0.1, 0.15) is 18.6 Å². The maximum atomic E-state index is 13.1. The molecule has 0 unspecified atom stereocenters. The molecule has 0 radical (unpaired) electrons. The number of rotatable bonds is 2. The first-order chi connectivity index (χ1) is 6.02. The highest BCUT2D eigenvalue weighted by atomic mass is 19.1. The van der Waals surface area contributed by atoms with E-state index in [1.807, 2.05) is 0 Å². The van der Waals surface area contributed by atoms with Gasteiger partial charge in [0.1, 0.15) is 11.6 Å². The van der Waals surface area contributed by atoms with Crippen LogP contribution in [0.15, 0.2) is 18.2 Å². The van der Waals surface area contributed by atoms with E-state index in [9.17, 15) is 9.50 Å². The summed E-state index contributed by atoms with van der Waals surface area (Å²) in [4.78, 5) is 0. The van der Waals surface area contributed by atoms with E-state index in [-0.39, 0.29) is 11.3 Å². The fourth-order valence-corrected chi connectivity index (χ4v) is 1.04. The quantitative estimate of drug-likeness (QED) is 0.641. The van der Waals surface area contributed by atoms with Gasteiger partial charge in [-0.05, 0) is 19.1 Å². The summed E-state index contributed by atoms with van der Waals surface area (Å²) in [7, 11) is 0. The zero-order valence-corrected chi connectivity index (χ0v) is 7.24. The summed E-state index contributed by atoms with van der Waals surface area (Å²) in [6, 6.07) is 3.03. The second-order valence-electron chi connectivity index (χ2n) is 3.01. The minimum atomic E-state index is -1.04. The van der Waals surface area contributed by atoms with Crippen LogP contribution in [0, 0.1) is 5.82 Å². The summed E-state index contributed by atoms with van der Waals surface area (Å²) in [6.07, 6.45) is -1.04. The molecule has 4 heteroatoms. The van der Waals surface area contributed by atoms with Gasteiger partial charge >= 0.3 is 0 Å². The number of phenolic OH excluding ortho intramolecular Hbond substituents is 1. The smallest absolute Gasteiger partial charge is 0.132 e. The number of benzene rings is 1. The van der Waals surface area contributed by atoms with Crippen molar-refractivity contribution in [3.8, 4) is 5.75 Å². The van der Waals surface area contributed by atoms with Crippen molar-refractivity contribution in [1.82, 2.24) is 0 Å². The summed E-state index contributed by atoms with van der Waals surface area (Å²) < 4.78 is 13.1. The van der Waals surface area contributed by atoms with E-state index in [0.29, 0.717) is 0 Å². The van der Waals surface area contributed by atoms with E-state index in [1.165, 1.54) is 12.1 Å². The largest absolute Gasteiger partial charge is 0.508 e. The average Bonchev–Trinajstić information content (AvgIpc) is 2.03. The van der Waals surface area contributed by atoms with Crippen molar-refractivity contribution in [3.63, 3.8) is 0 Å². The number of phenols is 1. The highest BCUT2D eigenvalue weighted by Crippen LogP contribution is 2.22. The summed E-state index contributed by atoms with van der Waals surface area (Å²) in [5, 5.41) is 18.3. The van der Waals surface area contributed by atoms with Gasteiger partial charge in [0, 0.05) is 17.7 Å². The molecule has 72 valence electrons. The molecule has 0 aliphatic carbocycles. The van der Waals surface area contributed by atoms with Crippen molar-refractivity contribution in [3.05, 3.63) is 29.6 Å². The summed E-state index contributed by atoms with van der Waals surface area (Å²) in [5.74, 6) is -0.817. The molecule has 0 spiro atoms. The second-order valence-corrected chi connectivity index (χ2v) is 3.01. The van der Waals surface area contributed by atoms with E-state index in [1.54, 1.807) is 6.92 Å². The van der Waals surface area contributed by atoms with Crippen LogP contribution < -0.4 is 5.73 Å². The molecule has 4 N–H and O–H groups in total. The van der Waals surface area contributed by atoms with Gasteiger partial charge in [0.05, 0.1) is 6.10 Å². The maximum absolute atomic E-state index is 13.1. The van der Waals surface area contributed by atoms with Gasteiger partial charge in [0.15, 0.2) is 0 Å². The molecule has 13 heavy (non-hydrogen) atoms. The molecule has 2 atom stereocenters. The molecular formula is C9H12FNO2. The Bertz CT molecular complexity index is 302. The van der Waals surface area contributed by atoms with Gasteiger partial charge in [-0.3, -0.25) is 0 Å². The molecule has 0 bridgehead atoms. The number of aliphatic hydroxyl groups is 1. The van der Waals surface area contributed by atoms with Crippen molar-refractivity contribution in [2.24, 2.45) is 5.73 Å². The molecule has 0 saturated carbocycles. The van der Waals surface area contributed by atoms with Gasteiger partial charge in [-0.15, -0.1) is 0 Å². The van der Waals surface area contributed by atoms with Gasteiger partial charge < -0.3 is 15.9 Å². The topological polar surface area (TPSA) is 66.5 Å². The molecule has 0 amide bonds. The fourth-order valence-electron chi connectivity index (χ4n) is 1.04. The first kappa shape index (κ1) is 9.95. The highest BCUT2D eigenvalue weighted by Gasteiger charge is 2.16. The van der Waals surface area contributed by atoms with Crippen molar-refractivity contribution in [1.29, 1.82) is 0 Å². The molecule has 0 aromatic heterocycles. The zero-order chi connectivity index (χ0) is 10.0. The van der Waals surface area contributed by atoms with Crippen LogP contribution in [0.3, 0.4) is 0 Å². The SMILES string of the molecule is C[C@@H](N)[C@@H](O)c1ccc(O)cc1F. The minimum absolute atomic E-state index is 0.104. The number of nitrogens with two attached hydrogens (primary N) is 1. The third kappa shape index (κ3) is 2.17. The number of hydrogen-bond acceptors (Lipinski definition) is 3. The van der Waals surface area contributed by atoms with Crippen LogP contribution >= 0.6 is 0 Å². The molecule has 1 aromatic rings. The van der Waals surface area contributed by atoms with Crippen LogP contribution in [-0.2, 0) is 0 Å². The third-order valence-electron chi connectivity index (χ3n) is 1.80.